The summed E-state index contributed by atoms with van der Waals surface area (Å²) in [4.78, 5) is 22.4. The van der Waals surface area contributed by atoms with Crippen LogP contribution in [0.2, 0.25) is 0 Å². The van der Waals surface area contributed by atoms with E-state index in [0.717, 1.165) is 5.56 Å². The van der Waals surface area contributed by atoms with Crippen LogP contribution in [0.15, 0.2) is 34.8 Å². The number of hydrogen-bond acceptors (Lipinski definition) is 3. The average molecular weight is 354 g/mol. The maximum Gasteiger partial charge on any atom is 0.211 e. The van der Waals surface area contributed by atoms with Gasteiger partial charge in [0, 0.05) is 22.2 Å². The molecule has 1 aromatic rings. The van der Waals surface area contributed by atoms with Gasteiger partial charge in [0.25, 0.3) is 0 Å². The third kappa shape index (κ3) is 7.18. The van der Waals surface area contributed by atoms with Crippen LogP contribution >= 0.6 is 15.9 Å². The molecule has 5 heteroatoms. The average Bonchev–Trinajstić information content (AvgIpc) is 2.37. The van der Waals surface area contributed by atoms with Gasteiger partial charge in [0.05, 0.1) is 5.92 Å². The molecule has 0 bridgehead atoms. The molecule has 0 amide bonds. The molecule has 0 spiro atoms. The van der Waals surface area contributed by atoms with Crippen LogP contribution in [0.3, 0.4) is 0 Å². The van der Waals surface area contributed by atoms with E-state index in [1.54, 1.807) is 0 Å². The fraction of sp³-hybridized carbons (Fsp3) is 0.438. The molecule has 0 heterocycles. The van der Waals surface area contributed by atoms with Crippen LogP contribution in [0.25, 0.3) is 6.08 Å². The Morgan fingerprint density at radius 2 is 1.90 bits per heavy atom. The molecule has 4 nitrogen and oxygen atoms in total. The topological polar surface area (TPSA) is 60.2 Å². The molecular formula is C16H20BrNO3. The van der Waals surface area contributed by atoms with Gasteiger partial charge in [-0.1, -0.05) is 60.1 Å². The van der Waals surface area contributed by atoms with Crippen molar-refractivity contribution in [2.24, 2.45) is 11.8 Å². The van der Waals surface area contributed by atoms with E-state index in [1.165, 1.54) is 0 Å². The summed E-state index contributed by atoms with van der Waals surface area (Å²) in [6, 6.07) is 9.55. The molecule has 21 heavy (non-hydrogen) atoms. The molecule has 0 saturated heterocycles. The number of carbonyl (C=O) groups excluding carboxylic acids is 1. The van der Waals surface area contributed by atoms with E-state index >= 15 is 0 Å². The van der Waals surface area contributed by atoms with Crippen molar-refractivity contribution < 1.29 is 9.72 Å². The lowest BCUT2D eigenvalue weighted by Crippen LogP contribution is -2.19. The maximum atomic E-state index is 11.9. The van der Waals surface area contributed by atoms with E-state index in [2.05, 4.69) is 15.9 Å². The molecule has 1 rings (SSSR count). The lowest BCUT2D eigenvalue weighted by atomic mass is 9.96. The first kappa shape index (κ1) is 17.6. The smallest absolute Gasteiger partial charge is 0.211 e. The summed E-state index contributed by atoms with van der Waals surface area (Å²) in [5.41, 5.74) is 0.953. The molecule has 114 valence electrons. The van der Waals surface area contributed by atoms with Gasteiger partial charge in [-0.05, 0) is 17.6 Å². The number of nitro groups is 1. The van der Waals surface area contributed by atoms with E-state index in [1.807, 2.05) is 50.3 Å². The number of halogens is 1. The van der Waals surface area contributed by atoms with Gasteiger partial charge in [-0.2, -0.15) is 0 Å². The van der Waals surface area contributed by atoms with Crippen molar-refractivity contribution in [3.8, 4) is 0 Å². The molecule has 0 radical (unpaired) electrons. The van der Waals surface area contributed by atoms with Crippen molar-refractivity contribution in [3.05, 3.63) is 50.5 Å². The summed E-state index contributed by atoms with van der Waals surface area (Å²) >= 11 is 3.41. The Morgan fingerprint density at radius 3 is 2.43 bits per heavy atom. The van der Waals surface area contributed by atoms with Crippen LogP contribution in [0.1, 0.15) is 32.3 Å². The summed E-state index contributed by atoms with van der Waals surface area (Å²) < 4.78 is 0.697. The minimum Gasteiger partial charge on any atom is -0.300 e. The minimum atomic E-state index is -0.411. The van der Waals surface area contributed by atoms with Crippen LogP contribution < -0.4 is 0 Å². The minimum absolute atomic E-state index is 0.0651. The predicted octanol–water partition coefficient (Wildman–Crippen LogP) is 4.32. The Morgan fingerprint density at radius 1 is 1.29 bits per heavy atom. The molecule has 1 aromatic carbocycles. The Labute approximate surface area is 133 Å². The standard InChI is InChI=1S/C16H20BrNO3/c1-12(2)8-15(19)10-14(11-18(20)21)16(17)9-13-6-4-3-5-7-13/h3-7,9,12,14H,8,10-11H2,1-2H3/b16-9-/t14-/m0/s1. The molecule has 0 N–H and O–H groups in total. The number of hydrogen-bond donors (Lipinski definition) is 0. The molecule has 1 atom stereocenters. The third-order valence-electron chi connectivity index (χ3n) is 2.97. The highest BCUT2D eigenvalue weighted by atomic mass is 79.9. The number of rotatable bonds is 8. The van der Waals surface area contributed by atoms with Crippen molar-refractivity contribution in [1.29, 1.82) is 0 Å². The van der Waals surface area contributed by atoms with Crippen LogP contribution in [0.4, 0.5) is 0 Å². The van der Waals surface area contributed by atoms with Gasteiger partial charge in [-0.25, -0.2) is 0 Å². The van der Waals surface area contributed by atoms with Crippen LogP contribution in [-0.2, 0) is 4.79 Å². The highest BCUT2D eigenvalue weighted by Gasteiger charge is 2.22. The van der Waals surface area contributed by atoms with Gasteiger partial charge < -0.3 is 0 Å². The summed E-state index contributed by atoms with van der Waals surface area (Å²) in [7, 11) is 0. The van der Waals surface area contributed by atoms with Crippen LogP contribution in [0.5, 0.6) is 0 Å². The summed E-state index contributed by atoms with van der Waals surface area (Å²) in [5, 5.41) is 10.8. The Hall–Kier alpha value is -1.49. The molecule has 0 aromatic heterocycles. The first-order valence-corrected chi connectivity index (χ1v) is 7.73. The van der Waals surface area contributed by atoms with Crippen LogP contribution in [0, 0.1) is 22.0 Å². The third-order valence-corrected chi connectivity index (χ3v) is 3.85. The SMILES string of the molecule is CC(C)CC(=O)C[C@@H](C[N+](=O)[O-])/C(Br)=C/c1ccccc1. The lowest BCUT2D eigenvalue weighted by molar-refractivity contribution is -0.485. The van der Waals surface area contributed by atoms with Gasteiger partial charge in [0.1, 0.15) is 5.78 Å². The zero-order valence-corrected chi connectivity index (χ0v) is 13.9. The summed E-state index contributed by atoms with van der Waals surface area (Å²) in [5.74, 6) is -0.0765. The van der Waals surface area contributed by atoms with E-state index in [9.17, 15) is 14.9 Å². The van der Waals surface area contributed by atoms with E-state index < -0.39 is 5.92 Å². The number of ketones is 1. The molecular weight excluding hydrogens is 334 g/mol. The van der Waals surface area contributed by atoms with E-state index in [-0.39, 0.29) is 29.6 Å². The zero-order chi connectivity index (χ0) is 15.8. The summed E-state index contributed by atoms with van der Waals surface area (Å²) in [6.07, 6.45) is 2.50. The molecule has 0 aliphatic carbocycles. The van der Waals surface area contributed by atoms with Crippen molar-refractivity contribution in [2.45, 2.75) is 26.7 Å². The normalized spacial score (nSPS) is 13.2. The van der Waals surface area contributed by atoms with Crippen LogP contribution in [-0.4, -0.2) is 17.3 Å². The van der Waals surface area contributed by atoms with Gasteiger partial charge in [-0.15, -0.1) is 0 Å². The fourth-order valence-electron chi connectivity index (χ4n) is 2.07. The second kappa shape index (κ2) is 8.72. The molecule has 0 fully saturated rings. The highest BCUT2D eigenvalue weighted by Crippen LogP contribution is 2.26. The second-order valence-corrected chi connectivity index (χ2v) is 6.41. The number of Topliss-reactive ketones (excluding diaryl/α,β-unsaturated/α-hetero) is 1. The quantitative estimate of drug-likeness (QED) is 0.516. The highest BCUT2D eigenvalue weighted by molar-refractivity contribution is 9.11. The van der Waals surface area contributed by atoms with Gasteiger partial charge >= 0.3 is 0 Å². The largest absolute Gasteiger partial charge is 0.300 e. The van der Waals surface area contributed by atoms with E-state index in [4.69, 9.17) is 0 Å². The van der Waals surface area contributed by atoms with Crippen molar-refractivity contribution in [3.63, 3.8) is 0 Å². The van der Waals surface area contributed by atoms with Gasteiger partial charge in [0.2, 0.25) is 6.54 Å². The lowest BCUT2D eigenvalue weighted by Gasteiger charge is -2.13. The monoisotopic (exact) mass is 353 g/mol. The first-order valence-electron chi connectivity index (χ1n) is 6.94. The zero-order valence-electron chi connectivity index (χ0n) is 12.3. The predicted molar refractivity (Wildman–Crippen MR) is 87.8 cm³/mol. The molecule has 0 unspecified atom stereocenters. The van der Waals surface area contributed by atoms with Gasteiger partial charge in [0.15, 0.2) is 0 Å². The Balaban J connectivity index is 2.83. The Bertz CT molecular complexity index is 512. The number of benzene rings is 1. The summed E-state index contributed by atoms with van der Waals surface area (Å²) in [6.45, 7) is 3.69. The van der Waals surface area contributed by atoms with Gasteiger partial charge in [-0.3, -0.25) is 14.9 Å². The second-order valence-electron chi connectivity index (χ2n) is 5.49. The van der Waals surface area contributed by atoms with Crippen molar-refractivity contribution in [1.82, 2.24) is 0 Å². The van der Waals surface area contributed by atoms with Crippen molar-refractivity contribution in [2.75, 3.05) is 6.54 Å². The number of nitrogens with zero attached hydrogens (tertiary/aromatic N) is 1. The van der Waals surface area contributed by atoms with E-state index in [0.29, 0.717) is 10.9 Å². The number of carbonyl (C=O) groups is 1. The molecule has 0 aliphatic heterocycles. The van der Waals surface area contributed by atoms with Crippen molar-refractivity contribution >= 4 is 27.8 Å². The molecule has 0 saturated carbocycles. The first-order chi connectivity index (χ1) is 9.88. The Kier molecular flexibility index (Phi) is 7.29. The fourth-order valence-corrected chi connectivity index (χ4v) is 2.64. The maximum absolute atomic E-state index is 11.9. The molecule has 0 aliphatic rings.